The summed E-state index contributed by atoms with van der Waals surface area (Å²) in [6.45, 7) is 3.66. The molecule has 0 spiro atoms. The van der Waals surface area contributed by atoms with Crippen molar-refractivity contribution >= 4 is 34.8 Å². The minimum Gasteiger partial charge on any atom is -0.385 e. The monoisotopic (exact) mass is 306 g/mol. The van der Waals surface area contributed by atoms with Gasteiger partial charge in [0.2, 0.25) is 0 Å². The fourth-order valence-corrected chi connectivity index (χ4v) is 1.70. The van der Waals surface area contributed by atoms with E-state index in [-0.39, 0.29) is 5.92 Å². The van der Waals surface area contributed by atoms with E-state index in [0.29, 0.717) is 15.3 Å². The number of aromatic nitrogens is 2. The van der Waals surface area contributed by atoms with Crippen molar-refractivity contribution in [3.63, 3.8) is 0 Å². The second kappa shape index (κ2) is 6.53. The van der Waals surface area contributed by atoms with Crippen molar-refractivity contribution in [2.75, 3.05) is 0 Å². The predicted molar refractivity (Wildman–Crippen MR) is 74.9 cm³/mol. The molecule has 1 heterocycles. The summed E-state index contributed by atoms with van der Waals surface area (Å²) in [4.78, 5) is 0. The molecule has 1 N–H and O–H groups in total. The summed E-state index contributed by atoms with van der Waals surface area (Å²) in [5, 5.41) is 18.0. The molecule has 1 aliphatic carbocycles. The molecule has 0 aromatic carbocycles. The minimum atomic E-state index is -0.772. The quantitative estimate of drug-likeness (QED) is 0.792. The van der Waals surface area contributed by atoms with E-state index in [4.69, 9.17) is 34.8 Å². The molecular formula is C12H13Cl3N2O. The van der Waals surface area contributed by atoms with Crippen molar-refractivity contribution in [2.45, 2.75) is 19.4 Å². The van der Waals surface area contributed by atoms with Crippen LogP contribution in [0.1, 0.15) is 13.8 Å². The molecule has 1 aromatic heterocycles. The Morgan fingerprint density at radius 1 is 1.17 bits per heavy atom. The number of nitrogens with zero attached hydrogens (tertiary/aromatic N) is 2. The highest BCUT2D eigenvalue weighted by Crippen LogP contribution is 2.31. The lowest BCUT2D eigenvalue weighted by Gasteiger charge is -2.28. The average molecular weight is 308 g/mol. The number of hydrogen-bond acceptors (Lipinski definition) is 3. The van der Waals surface area contributed by atoms with Crippen molar-refractivity contribution in [3.05, 3.63) is 45.7 Å². The number of hydrogen-bond donors (Lipinski definition) is 1. The van der Waals surface area contributed by atoms with Gasteiger partial charge in [0.1, 0.15) is 0 Å². The molecule has 3 nitrogen and oxygen atoms in total. The van der Waals surface area contributed by atoms with Gasteiger partial charge in [0.25, 0.3) is 0 Å². The molecule has 1 aromatic rings. The molecule has 98 valence electrons. The van der Waals surface area contributed by atoms with Gasteiger partial charge in [-0.15, -0.1) is 10.2 Å². The maximum absolute atomic E-state index is 9.60. The van der Waals surface area contributed by atoms with Crippen LogP contribution in [-0.2, 0) is 0 Å². The van der Waals surface area contributed by atoms with Crippen LogP contribution in [-0.4, -0.2) is 20.9 Å². The highest BCUT2D eigenvalue weighted by molar-refractivity contribution is 6.31. The van der Waals surface area contributed by atoms with E-state index in [9.17, 15) is 5.11 Å². The lowest BCUT2D eigenvalue weighted by atomic mass is 9.87. The molecule has 2 atom stereocenters. The molecule has 0 saturated heterocycles. The van der Waals surface area contributed by atoms with Gasteiger partial charge in [0.15, 0.2) is 10.3 Å². The Morgan fingerprint density at radius 2 is 1.67 bits per heavy atom. The Labute approximate surface area is 121 Å². The maximum atomic E-state index is 9.60. The fraction of sp³-hybridized carbons (Fsp3) is 0.333. The first kappa shape index (κ1) is 15.4. The van der Waals surface area contributed by atoms with Gasteiger partial charge in [-0.3, -0.25) is 0 Å². The van der Waals surface area contributed by atoms with Gasteiger partial charge in [-0.1, -0.05) is 53.9 Å². The van der Waals surface area contributed by atoms with Crippen LogP contribution in [0.4, 0.5) is 0 Å². The van der Waals surface area contributed by atoms with Crippen molar-refractivity contribution < 1.29 is 5.11 Å². The summed E-state index contributed by atoms with van der Waals surface area (Å²) in [5.74, 6) is 0.0131. The SMILES string of the molecule is CC1C(Cl)=CC=CC1(C)O.Clc1ccc(Cl)nn1. The fourth-order valence-electron chi connectivity index (χ4n) is 1.20. The summed E-state index contributed by atoms with van der Waals surface area (Å²) in [7, 11) is 0. The van der Waals surface area contributed by atoms with Crippen LogP contribution in [0, 0.1) is 5.92 Å². The van der Waals surface area contributed by atoms with Crippen LogP contribution in [0.2, 0.25) is 10.3 Å². The maximum Gasteiger partial charge on any atom is 0.151 e. The van der Waals surface area contributed by atoms with Crippen molar-refractivity contribution in [1.29, 1.82) is 0 Å². The summed E-state index contributed by atoms with van der Waals surface area (Å²) < 4.78 is 0. The summed E-state index contributed by atoms with van der Waals surface area (Å²) >= 11 is 16.6. The molecule has 0 saturated carbocycles. The molecule has 18 heavy (non-hydrogen) atoms. The van der Waals surface area contributed by atoms with Crippen LogP contribution >= 0.6 is 34.8 Å². The Balaban J connectivity index is 0.000000184. The van der Waals surface area contributed by atoms with Crippen LogP contribution in [0.25, 0.3) is 0 Å². The van der Waals surface area contributed by atoms with Gasteiger partial charge in [0.05, 0.1) is 5.60 Å². The van der Waals surface area contributed by atoms with Crippen LogP contribution < -0.4 is 0 Å². The Hall–Kier alpha value is -0.610. The molecule has 0 fully saturated rings. The Morgan fingerprint density at radius 3 is 2.00 bits per heavy atom. The van der Waals surface area contributed by atoms with Gasteiger partial charge in [-0.2, -0.15) is 0 Å². The first-order valence-corrected chi connectivity index (χ1v) is 6.38. The van der Waals surface area contributed by atoms with Crippen LogP contribution in [0.5, 0.6) is 0 Å². The minimum absolute atomic E-state index is 0.0131. The third kappa shape index (κ3) is 4.58. The van der Waals surface area contributed by atoms with E-state index in [2.05, 4.69) is 10.2 Å². The highest BCUT2D eigenvalue weighted by atomic mass is 35.5. The third-order valence-corrected chi connectivity index (χ3v) is 3.44. The molecule has 0 radical (unpaired) electrons. The van der Waals surface area contributed by atoms with Gasteiger partial charge < -0.3 is 5.11 Å². The first-order valence-electron chi connectivity index (χ1n) is 5.25. The normalized spacial score (nSPS) is 26.1. The van der Waals surface area contributed by atoms with Gasteiger partial charge in [-0.25, -0.2) is 0 Å². The van der Waals surface area contributed by atoms with E-state index < -0.39 is 5.60 Å². The molecule has 1 aliphatic rings. The van der Waals surface area contributed by atoms with Crippen molar-refractivity contribution in [1.82, 2.24) is 10.2 Å². The average Bonchev–Trinajstić information content (AvgIpc) is 2.31. The topological polar surface area (TPSA) is 46.0 Å². The lowest BCUT2D eigenvalue weighted by Crippen LogP contribution is -2.31. The number of rotatable bonds is 0. The molecule has 0 aliphatic heterocycles. The standard InChI is InChI=1S/C8H11ClO.C4H2Cl2N2/c1-6-7(9)4-3-5-8(6,2)10;5-3-1-2-4(6)8-7-3/h3-6,10H,1-2H3;1-2H. The van der Waals surface area contributed by atoms with Gasteiger partial charge in [-0.05, 0) is 25.1 Å². The highest BCUT2D eigenvalue weighted by Gasteiger charge is 2.29. The Kier molecular flexibility index (Phi) is 5.60. The summed E-state index contributed by atoms with van der Waals surface area (Å²) in [6, 6.07) is 3.16. The molecule has 0 amide bonds. The zero-order valence-electron chi connectivity index (χ0n) is 9.94. The molecule has 6 heteroatoms. The van der Waals surface area contributed by atoms with Crippen LogP contribution in [0.15, 0.2) is 35.4 Å². The number of aliphatic hydroxyl groups is 1. The summed E-state index contributed by atoms with van der Waals surface area (Å²) in [6.07, 6.45) is 5.34. The van der Waals surface area contributed by atoms with E-state index in [0.717, 1.165) is 0 Å². The second-order valence-corrected chi connectivity index (χ2v) is 5.25. The molecular weight excluding hydrogens is 295 g/mol. The largest absolute Gasteiger partial charge is 0.385 e. The first-order chi connectivity index (χ1) is 8.33. The van der Waals surface area contributed by atoms with Gasteiger partial charge >= 0.3 is 0 Å². The predicted octanol–water partition coefficient (Wildman–Crippen LogP) is 3.85. The van der Waals surface area contributed by atoms with Crippen molar-refractivity contribution in [2.24, 2.45) is 5.92 Å². The zero-order chi connectivity index (χ0) is 13.8. The van der Waals surface area contributed by atoms with E-state index in [1.807, 2.05) is 13.0 Å². The van der Waals surface area contributed by atoms with Crippen molar-refractivity contribution in [3.8, 4) is 0 Å². The molecule has 0 bridgehead atoms. The lowest BCUT2D eigenvalue weighted by molar-refractivity contribution is 0.0711. The van der Waals surface area contributed by atoms with E-state index in [1.54, 1.807) is 31.2 Å². The van der Waals surface area contributed by atoms with E-state index >= 15 is 0 Å². The van der Waals surface area contributed by atoms with Gasteiger partial charge in [0, 0.05) is 11.0 Å². The molecule has 2 unspecified atom stereocenters. The second-order valence-electron chi connectivity index (χ2n) is 4.04. The van der Waals surface area contributed by atoms with E-state index in [1.165, 1.54) is 0 Å². The summed E-state index contributed by atoms with van der Waals surface area (Å²) in [5.41, 5.74) is -0.772. The number of halogens is 3. The smallest absolute Gasteiger partial charge is 0.151 e. The third-order valence-electron chi connectivity index (χ3n) is 2.58. The Bertz CT molecular complexity index is 434. The number of allylic oxidation sites excluding steroid dienone is 2. The van der Waals surface area contributed by atoms with Crippen LogP contribution in [0.3, 0.4) is 0 Å². The zero-order valence-corrected chi connectivity index (χ0v) is 12.2. The molecule has 2 rings (SSSR count).